The molecule has 2 aromatic heterocycles. The van der Waals surface area contributed by atoms with E-state index in [2.05, 4.69) is 47.1 Å². The number of anilines is 2. The van der Waals surface area contributed by atoms with Gasteiger partial charge in [-0.2, -0.15) is 0 Å². The second-order valence-corrected chi connectivity index (χ2v) is 9.34. The highest BCUT2D eigenvalue weighted by Gasteiger charge is 2.06. The van der Waals surface area contributed by atoms with Crippen molar-refractivity contribution in [3.63, 3.8) is 0 Å². The summed E-state index contributed by atoms with van der Waals surface area (Å²) in [5.41, 5.74) is 4.77. The largest absolute Gasteiger partial charge is 0.508 e. The van der Waals surface area contributed by atoms with Crippen LogP contribution in [0.1, 0.15) is 5.56 Å². The predicted octanol–water partition coefficient (Wildman–Crippen LogP) is 8.41. The predicted molar refractivity (Wildman–Crippen MR) is 140 cm³/mol. The Morgan fingerprint density at radius 1 is 0.750 bits per heavy atom. The fraction of sp³-hybridized carbons (Fsp3) is 0.0400. The van der Waals surface area contributed by atoms with Gasteiger partial charge in [-0.3, -0.25) is 9.97 Å². The van der Waals surface area contributed by atoms with E-state index in [1.54, 1.807) is 30.6 Å². The van der Waals surface area contributed by atoms with Crippen molar-refractivity contribution in [3.05, 3.63) is 98.7 Å². The van der Waals surface area contributed by atoms with Gasteiger partial charge in [-0.1, -0.05) is 49.5 Å². The Morgan fingerprint density at radius 2 is 1.38 bits per heavy atom. The molecule has 2 N–H and O–H groups in total. The van der Waals surface area contributed by atoms with Gasteiger partial charge in [-0.25, -0.2) is 0 Å². The molecule has 3 aromatic carbocycles. The molecule has 0 atom stereocenters. The van der Waals surface area contributed by atoms with E-state index in [1.165, 1.54) is 0 Å². The lowest BCUT2D eigenvalue weighted by Crippen LogP contribution is -1.94. The monoisotopic (exact) mass is 569 g/mol. The molecule has 0 aliphatic carbocycles. The van der Waals surface area contributed by atoms with Crippen LogP contribution in [0, 0.1) is 6.92 Å². The van der Waals surface area contributed by atoms with Gasteiger partial charge in [0.25, 0.3) is 0 Å². The molecule has 5 rings (SSSR count). The van der Waals surface area contributed by atoms with Crippen molar-refractivity contribution in [2.24, 2.45) is 0 Å². The van der Waals surface area contributed by atoms with E-state index >= 15 is 0 Å². The average Bonchev–Trinajstić information content (AvgIpc) is 2.78. The van der Waals surface area contributed by atoms with Crippen LogP contribution in [0.25, 0.3) is 21.8 Å². The molecule has 7 heteroatoms. The van der Waals surface area contributed by atoms with Crippen molar-refractivity contribution in [3.8, 4) is 5.75 Å². The zero-order valence-corrected chi connectivity index (χ0v) is 20.9. The number of phenolic OH excluding ortho intramolecular Hbond substituents is 1. The molecule has 0 saturated heterocycles. The lowest BCUT2D eigenvalue weighted by molar-refractivity contribution is 0.475. The molecule has 2 heterocycles. The molecule has 0 bridgehead atoms. The molecule has 0 radical (unpaired) electrons. The maximum atomic E-state index is 9.61. The first kappa shape index (κ1) is 22.5. The number of nitrogens with one attached hydrogen (secondary N) is 1. The fourth-order valence-electron chi connectivity index (χ4n) is 3.20. The third-order valence-corrected chi connectivity index (χ3v) is 6.16. The maximum absolute atomic E-state index is 9.61. The number of hydrogen-bond acceptors (Lipinski definition) is 4. The van der Waals surface area contributed by atoms with E-state index in [4.69, 9.17) is 11.6 Å². The van der Waals surface area contributed by atoms with Crippen LogP contribution < -0.4 is 5.32 Å². The summed E-state index contributed by atoms with van der Waals surface area (Å²) in [6.07, 6.45) is 3.48. The second kappa shape index (κ2) is 9.86. The first-order valence-electron chi connectivity index (χ1n) is 9.71. The Hall–Kier alpha value is -2.67. The number of hydrogen-bond donors (Lipinski definition) is 2. The normalized spacial score (nSPS) is 10.6. The molecular formula is C25H18Br2ClN3O. The lowest BCUT2D eigenvalue weighted by atomic mass is 10.1. The topological polar surface area (TPSA) is 58.0 Å². The van der Waals surface area contributed by atoms with Crippen LogP contribution in [0.4, 0.5) is 11.4 Å². The summed E-state index contributed by atoms with van der Waals surface area (Å²) >= 11 is 12.8. The smallest absolute Gasteiger partial charge is 0.117 e. The molecule has 160 valence electrons. The molecule has 0 aliphatic rings. The second-order valence-electron chi connectivity index (χ2n) is 7.10. The zero-order valence-electron chi connectivity index (χ0n) is 17.0. The van der Waals surface area contributed by atoms with E-state index < -0.39 is 0 Å². The Balaban J connectivity index is 0.000000174. The number of phenols is 1. The van der Waals surface area contributed by atoms with Crippen LogP contribution in [-0.4, -0.2) is 15.1 Å². The first-order chi connectivity index (χ1) is 15.4. The quantitative estimate of drug-likeness (QED) is 0.223. The third-order valence-electron chi connectivity index (χ3n) is 4.84. The number of nitrogens with zero attached hydrogens (tertiary/aromatic N) is 2. The molecule has 0 amide bonds. The maximum Gasteiger partial charge on any atom is 0.117 e. The van der Waals surface area contributed by atoms with Crippen LogP contribution >= 0.6 is 43.5 Å². The van der Waals surface area contributed by atoms with E-state index in [-0.39, 0.29) is 5.75 Å². The number of rotatable bonds is 2. The molecule has 0 unspecified atom stereocenters. The number of benzene rings is 3. The molecule has 5 aromatic rings. The van der Waals surface area contributed by atoms with Crippen LogP contribution in [0.15, 0.2) is 88.1 Å². The van der Waals surface area contributed by atoms with Crippen LogP contribution in [0.2, 0.25) is 5.02 Å². The lowest BCUT2D eigenvalue weighted by Gasteiger charge is -2.12. The van der Waals surface area contributed by atoms with Gasteiger partial charge in [-0.05, 0) is 67.1 Å². The number of aryl methyl sites for hydroxylation is 1. The van der Waals surface area contributed by atoms with Crippen molar-refractivity contribution < 1.29 is 5.11 Å². The molecule has 0 saturated carbocycles. The number of fused-ring (bicyclic) bond motifs is 2. The summed E-state index contributed by atoms with van der Waals surface area (Å²) in [6, 6.07) is 20.8. The van der Waals surface area contributed by atoms with Gasteiger partial charge in [0.1, 0.15) is 5.75 Å². The van der Waals surface area contributed by atoms with Crippen molar-refractivity contribution in [2.45, 2.75) is 6.92 Å². The van der Waals surface area contributed by atoms with Crippen LogP contribution in [0.5, 0.6) is 5.75 Å². The Kier molecular flexibility index (Phi) is 6.94. The summed E-state index contributed by atoms with van der Waals surface area (Å²) in [7, 11) is 0. The average molecular weight is 572 g/mol. The highest BCUT2D eigenvalue weighted by molar-refractivity contribution is 9.10. The fourth-order valence-corrected chi connectivity index (χ4v) is 4.13. The van der Waals surface area contributed by atoms with Crippen LogP contribution in [-0.2, 0) is 0 Å². The SMILES string of the molecule is Cc1ccc(O)cc1Nc1ccnc2ccc(Br)cc12.Clc1ccnc2ccc(Br)cc12. The minimum Gasteiger partial charge on any atom is -0.508 e. The Morgan fingerprint density at radius 3 is 2.09 bits per heavy atom. The van der Waals surface area contributed by atoms with Gasteiger partial charge in [0, 0.05) is 49.6 Å². The minimum atomic E-state index is 0.248. The summed E-state index contributed by atoms with van der Waals surface area (Å²) in [4.78, 5) is 8.53. The third kappa shape index (κ3) is 5.21. The molecule has 0 fully saturated rings. The molecule has 4 nitrogen and oxygen atoms in total. The van der Waals surface area contributed by atoms with E-state index in [9.17, 15) is 5.11 Å². The summed E-state index contributed by atoms with van der Waals surface area (Å²) in [5.74, 6) is 0.248. The highest BCUT2D eigenvalue weighted by Crippen LogP contribution is 2.30. The molecule has 0 aliphatic heterocycles. The number of aromatic nitrogens is 2. The number of pyridine rings is 2. The number of halogens is 3. The van der Waals surface area contributed by atoms with E-state index in [0.717, 1.165) is 52.7 Å². The molecule has 0 spiro atoms. The van der Waals surface area contributed by atoms with Gasteiger partial charge in [0.2, 0.25) is 0 Å². The van der Waals surface area contributed by atoms with Gasteiger partial charge in [0.15, 0.2) is 0 Å². The van der Waals surface area contributed by atoms with Crippen molar-refractivity contribution >= 4 is 76.6 Å². The Bertz CT molecular complexity index is 1430. The van der Waals surface area contributed by atoms with E-state index in [1.807, 2.05) is 55.5 Å². The van der Waals surface area contributed by atoms with Crippen molar-refractivity contribution in [2.75, 3.05) is 5.32 Å². The standard InChI is InChI=1S/C16H13BrN2O.C9H5BrClN/c1-10-2-4-12(20)9-16(10)19-15-6-7-18-14-5-3-11(17)8-13(14)15;10-6-1-2-9-7(5-6)8(11)3-4-12-9/h2-9,20H,1H3,(H,18,19);1-5H. The highest BCUT2D eigenvalue weighted by atomic mass is 79.9. The first-order valence-corrected chi connectivity index (χ1v) is 11.7. The van der Waals surface area contributed by atoms with Gasteiger partial charge >= 0.3 is 0 Å². The Labute approximate surface area is 207 Å². The van der Waals surface area contributed by atoms with Crippen LogP contribution in [0.3, 0.4) is 0 Å². The summed E-state index contributed by atoms with van der Waals surface area (Å²) in [5, 5.41) is 15.7. The van der Waals surface area contributed by atoms with E-state index in [0.29, 0.717) is 0 Å². The summed E-state index contributed by atoms with van der Waals surface area (Å²) < 4.78 is 2.03. The van der Waals surface area contributed by atoms with Gasteiger partial charge in [0.05, 0.1) is 16.1 Å². The molecular weight excluding hydrogens is 554 g/mol. The van der Waals surface area contributed by atoms with Crippen molar-refractivity contribution in [1.29, 1.82) is 0 Å². The van der Waals surface area contributed by atoms with Crippen molar-refractivity contribution in [1.82, 2.24) is 9.97 Å². The van der Waals surface area contributed by atoms with Gasteiger partial charge < -0.3 is 10.4 Å². The number of aromatic hydroxyl groups is 1. The van der Waals surface area contributed by atoms with Gasteiger partial charge in [-0.15, -0.1) is 0 Å². The molecule has 32 heavy (non-hydrogen) atoms. The zero-order chi connectivity index (χ0) is 22.7. The minimum absolute atomic E-state index is 0.248. The summed E-state index contributed by atoms with van der Waals surface area (Å²) in [6.45, 7) is 2.00.